The molecule has 0 saturated carbocycles. The molecule has 13 heavy (non-hydrogen) atoms. The van der Waals surface area contributed by atoms with Crippen LogP contribution in [0.15, 0.2) is 10.6 Å². The van der Waals surface area contributed by atoms with Crippen molar-refractivity contribution < 1.29 is 9.52 Å². The number of oxazole rings is 1. The number of aliphatic hydroxyl groups excluding tert-OH is 1. The molecule has 1 atom stereocenters. The largest absolute Gasteiger partial charge is 0.445 e. The number of hydrogen-bond acceptors (Lipinski definition) is 4. The Morgan fingerprint density at radius 2 is 2.62 bits per heavy atom. The van der Waals surface area contributed by atoms with Gasteiger partial charge < -0.3 is 9.52 Å². The summed E-state index contributed by atoms with van der Waals surface area (Å²) < 4.78 is 5.52. The SMILES string of the molecule is OCCc1cnc(C2CCSC2)o1. The van der Waals surface area contributed by atoms with E-state index in [1.165, 1.54) is 12.2 Å². The van der Waals surface area contributed by atoms with E-state index in [4.69, 9.17) is 9.52 Å². The van der Waals surface area contributed by atoms with E-state index in [1.54, 1.807) is 6.20 Å². The van der Waals surface area contributed by atoms with Crippen molar-refractivity contribution in [2.75, 3.05) is 18.1 Å². The normalized spacial score (nSPS) is 22.4. The van der Waals surface area contributed by atoms with E-state index in [0.29, 0.717) is 12.3 Å². The van der Waals surface area contributed by atoms with Gasteiger partial charge in [-0.05, 0) is 12.2 Å². The maximum Gasteiger partial charge on any atom is 0.198 e. The summed E-state index contributed by atoms with van der Waals surface area (Å²) in [6.07, 6.45) is 3.48. The van der Waals surface area contributed by atoms with Crippen molar-refractivity contribution in [1.82, 2.24) is 4.98 Å². The summed E-state index contributed by atoms with van der Waals surface area (Å²) in [6.45, 7) is 0.133. The Morgan fingerprint density at radius 1 is 1.69 bits per heavy atom. The summed E-state index contributed by atoms with van der Waals surface area (Å²) >= 11 is 1.95. The average Bonchev–Trinajstić information content (AvgIpc) is 2.70. The molecule has 2 heterocycles. The van der Waals surface area contributed by atoms with Crippen molar-refractivity contribution in [3.05, 3.63) is 17.8 Å². The molecule has 0 amide bonds. The van der Waals surface area contributed by atoms with Gasteiger partial charge in [0, 0.05) is 18.1 Å². The number of rotatable bonds is 3. The molecule has 1 N–H and O–H groups in total. The number of hydrogen-bond donors (Lipinski definition) is 1. The summed E-state index contributed by atoms with van der Waals surface area (Å²) in [5.41, 5.74) is 0. The topological polar surface area (TPSA) is 46.3 Å². The molecular formula is C9H13NO2S. The van der Waals surface area contributed by atoms with Gasteiger partial charge in [0.15, 0.2) is 5.89 Å². The van der Waals surface area contributed by atoms with Crippen LogP contribution in [0.2, 0.25) is 0 Å². The van der Waals surface area contributed by atoms with E-state index in [2.05, 4.69) is 4.98 Å². The van der Waals surface area contributed by atoms with Crippen LogP contribution in [0.4, 0.5) is 0 Å². The highest BCUT2D eigenvalue weighted by atomic mass is 32.2. The predicted molar refractivity (Wildman–Crippen MR) is 52.0 cm³/mol. The molecule has 1 unspecified atom stereocenters. The Balaban J connectivity index is 2.03. The van der Waals surface area contributed by atoms with Crippen LogP contribution in [0, 0.1) is 0 Å². The Morgan fingerprint density at radius 3 is 3.31 bits per heavy atom. The van der Waals surface area contributed by atoms with Crippen molar-refractivity contribution in [1.29, 1.82) is 0 Å². The second-order valence-electron chi connectivity index (χ2n) is 3.20. The van der Waals surface area contributed by atoms with E-state index in [9.17, 15) is 0 Å². The number of aromatic nitrogens is 1. The van der Waals surface area contributed by atoms with Crippen molar-refractivity contribution in [3.63, 3.8) is 0 Å². The molecule has 1 fully saturated rings. The molecule has 4 heteroatoms. The molecule has 0 aliphatic carbocycles. The minimum Gasteiger partial charge on any atom is -0.445 e. The molecule has 1 aromatic heterocycles. The highest BCUT2D eigenvalue weighted by Crippen LogP contribution is 2.31. The lowest BCUT2D eigenvalue weighted by atomic mass is 10.1. The summed E-state index contributed by atoms with van der Waals surface area (Å²) in [5, 5.41) is 8.70. The van der Waals surface area contributed by atoms with Crippen LogP contribution in [0.25, 0.3) is 0 Å². The van der Waals surface area contributed by atoms with Gasteiger partial charge in [0.25, 0.3) is 0 Å². The van der Waals surface area contributed by atoms with Crippen LogP contribution >= 0.6 is 11.8 Å². The van der Waals surface area contributed by atoms with Gasteiger partial charge in [-0.3, -0.25) is 0 Å². The van der Waals surface area contributed by atoms with Gasteiger partial charge in [0.2, 0.25) is 0 Å². The predicted octanol–water partition coefficient (Wildman–Crippen LogP) is 1.43. The lowest BCUT2D eigenvalue weighted by Crippen LogP contribution is -1.95. The number of aliphatic hydroxyl groups is 1. The van der Waals surface area contributed by atoms with Gasteiger partial charge in [-0.15, -0.1) is 0 Å². The highest BCUT2D eigenvalue weighted by Gasteiger charge is 2.21. The van der Waals surface area contributed by atoms with Gasteiger partial charge in [0.05, 0.1) is 12.8 Å². The monoisotopic (exact) mass is 199 g/mol. The van der Waals surface area contributed by atoms with Crippen LogP contribution in [0.5, 0.6) is 0 Å². The molecule has 0 radical (unpaired) electrons. The summed E-state index contributed by atoms with van der Waals surface area (Å²) in [7, 11) is 0. The summed E-state index contributed by atoms with van der Waals surface area (Å²) in [6, 6.07) is 0. The first-order valence-corrected chi connectivity index (χ1v) is 5.69. The molecule has 0 bridgehead atoms. The molecule has 1 aromatic rings. The molecule has 0 aromatic carbocycles. The zero-order valence-corrected chi connectivity index (χ0v) is 8.22. The van der Waals surface area contributed by atoms with Gasteiger partial charge in [-0.2, -0.15) is 11.8 Å². The smallest absolute Gasteiger partial charge is 0.198 e. The standard InChI is InChI=1S/C9H13NO2S/c11-3-1-8-5-10-9(12-8)7-2-4-13-6-7/h5,7,11H,1-4,6H2. The molecule has 3 nitrogen and oxygen atoms in total. The fourth-order valence-corrected chi connectivity index (χ4v) is 2.68. The lowest BCUT2D eigenvalue weighted by Gasteiger charge is -2.00. The first-order chi connectivity index (χ1) is 6.40. The van der Waals surface area contributed by atoms with E-state index in [-0.39, 0.29) is 6.61 Å². The molecule has 2 rings (SSSR count). The minimum absolute atomic E-state index is 0.133. The first kappa shape index (κ1) is 9.09. The van der Waals surface area contributed by atoms with E-state index >= 15 is 0 Å². The highest BCUT2D eigenvalue weighted by molar-refractivity contribution is 7.99. The zero-order valence-electron chi connectivity index (χ0n) is 7.40. The zero-order chi connectivity index (χ0) is 9.10. The van der Waals surface area contributed by atoms with Crippen LogP contribution < -0.4 is 0 Å². The van der Waals surface area contributed by atoms with Crippen LogP contribution in [-0.2, 0) is 6.42 Å². The maximum atomic E-state index is 8.70. The molecule has 1 aliphatic rings. The van der Waals surface area contributed by atoms with E-state index < -0.39 is 0 Å². The van der Waals surface area contributed by atoms with Gasteiger partial charge in [-0.1, -0.05) is 0 Å². The fraction of sp³-hybridized carbons (Fsp3) is 0.667. The third kappa shape index (κ3) is 2.06. The molecule has 72 valence electrons. The minimum atomic E-state index is 0.133. The quantitative estimate of drug-likeness (QED) is 0.800. The van der Waals surface area contributed by atoms with Gasteiger partial charge >= 0.3 is 0 Å². The fourth-order valence-electron chi connectivity index (χ4n) is 1.47. The van der Waals surface area contributed by atoms with Crippen molar-refractivity contribution in [3.8, 4) is 0 Å². The second kappa shape index (κ2) is 4.15. The molecular weight excluding hydrogens is 186 g/mol. The molecule has 1 aliphatic heterocycles. The molecule has 1 saturated heterocycles. The van der Waals surface area contributed by atoms with Crippen LogP contribution in [0.1, 0.15) is 24.0 Å². The number of thioether (sulfide) groups is 1. The Labute approximate surface area is 81.5 Å². The number of nitrogens with zero attached hydrogens (tertiary/aromatic N) is 1. The van der Waals surface area contributed by atoms with Crippen LogP contribution in [0.3, 0.4) is 0 Å². The summed E-state index contributed by atoms with van der Waals surface area (Å²) in [5.74, 6) is 4.49. The van der Waals surface area contributed by atoms with Crippen LogP contribution in [-0.4, -0.2) is 28.2 Å². The molecule has 0 spiro atoms. The Bertz CT molecular complexity index is 268. The van der Waals surface area contributed by atoms with E-state index in [1.807, 2.05) is 11.8 Å². The van der Waals surface area contributed by atoms with E-state index in [0.717, 1.165) is 17.4 Å². The lowest BCUT2D eigenvalue weighted by molar-refractivity contribution is 0.284. The van der Waals surface area contributed by atoms with Gasteiger partial charge in [0.1, 0.15) is 5.76 Å². The third-order valence-corrected chi connectivity index (χ3v) is 3.37. The maximum absolute atomic E-state index is 8.70. The first-order valence-electron chi connectivity index (χ1n) is 4.53. The van der Waals surface area contributed by atoms with Crippen molar-refractivity contribution >= 4 is 11.8 Å². The Hall–Kier alpha value is -0.480. The van der Waals surface area contributed by atoms with Crippen molar-refractivity contribution in [2.24, 2.45) is 0 Å². The second-order valence-corrected chi connectivity index (χ2v) is 4.35. The third-order valence-electron chi connectivity index (χ3n) is 2.21. The average molecular weight is 199 g/mol. The summed E-state index contributed by atoms with van der Waals surface area (Å²) in [4.78, 5) is 4.23. The van der Waals surface area contributed by atoms with Crippen molar-refractivity contribution in [2.45, 2.75) is 18.8 Å². The Kier molecular flexibility index (Phi) is 2.90. The van der Waals surface area contributed by atoms with Gasteiger partial charge in [-0.25, -0.2) is 4.98 Å².